The van der Waals surface area contributed by atoms with Crippen LogP contribution in [0.4, 0.5) is 4.79 Å². The first-order valence-electron chi connectivity index (χ1n) is 48.3. The van der Waals surface area contributed by atoms with Crippen LogP contribution in [-0.2, 0) is 28.5 Å². The second kappa shape index (κ2) is 64.7. The highest BCUT2D eigenvalue weighted by atomic mass is 16.7. The Labute approximate surface area is 776 Å². The highest BCUT2D eigenvalue weighted by Gasteiger charge is 2.22. The van der Waals surface area contributed by atoms with Crippen LogP contribution in [0.1, 0.15) is 394 Å². The molecule has 15 nitrogen and oxygen atoms in total. The molecule has 4 N–H and O–H groups in total. The molecule has 10 rings (SSSR count). The molecule has 2 fully saturated rings. The van der Waals surface area contributed by atoms with E-state index >= 15 is 0 Å². The summed E-state index contributed by atoms with van der Waals surface area (Å²) in [7, 11) is 0. The Morgan fingerprint density at radius 2 is 0.695 bits per heavy atom. The fourth-order valence-corrected chi connectivity index (χ4v) is 13.1. The van der Waals surface area contributed by atoms with Gasteiger partial charge in [-0.3, -0.25) is 4.79 Å². The minimum absolute atomic E-state index is 0.0224. The van der Waals surface area contributed by atoms with Gasteiger partial charge >= 0.3 is 12.1 Å². The summed E-state index contributed by atoms with van der Waals surface area (Å²) in [6.07, 6.45) is 20.4. The monoisotopic (exact) mass is 1770 g/mol. The van der Waals surface area contributed by atoms with Gasteiger partial charge in [0.15, 0.2) is 18.9 Å². The molecule has 1 saturated carbocycles. The molecule has 1 aliphatic carbocycles. The molecule has 15 heteroatoms. The standard InChI is InChI=1S/C20H32O2.C15H22O3.C15H22O2.C14H22O2.4C10H14O.C9H18O2/c1-4-16(2)19-11-8-12-20(15-19)22-17(3)21-14-13-18-9-6-5-7-10-18;1-6-11(2)12-7-9-13(10-8-12)17-14(16)18-15(3,4)5;1-3-12(2)13-7-9-14(10-8-13)17-15-6-4-5-11-16-15;1-5-11(3)13-7-9-14(10-8-13)16-12(4)15-6-2;3*1-3-8(2)9-4-6-10(11)7-5-9;1-3-8(2)9-5-4-6-10(11)7-9;1-6-7(2)8(10)11-9(3,4)5/h8,11-12,15-18H,4-7,9-10,13-14H2,1-3H3;7-11H,6H2,1-5H3;7-10,12,15H,3-6,11H2,1-2H3;7-12H,5-6H2,1-4H3;4*4-8,11H,3H2,1-2H3;7H,6H2,1-5H3. The van der Waals surface area contributed by atoms with Crippen molar-refractivity contribution in [3.05, 3.63) is 239 Å². The molecule has 12 atom stereocenters. The Bertz CT molecular complexity index is 3980. The summed E-state index contributed by atoms with van der Waals surface area (Å²) in [4.78, 5) is 22.6. The Kier molecular flexibility index (Phi) is 58.1. The van der Waals surface area contributed by atoms with Crippen LogP contribution in [0.5, 0.6) is 46.0 Å². The van der Waals surface area contributed by atoms with Gasteiger partial charge in [-0.1, -0.05) is 254 Å². The van der Waals surface area contributed by atoms with Gasteiger partial charge < -0.3 is 63.1 Å². The molecule has 12 unspecified atom stereocenters. The average molecular weight is 1770 g/mol. The van der Waals surface area contributed by atoms with Crippen molar-refractivity contribution in [2.24, 2.45) is 11.8 Å². The van der Waals surface area contributed by atoms with Crippen molar-refractivity contribution in [3.8, 4) is 46.0 Å². The van der Waals surface area contributed by atoms with Crippen LogP contribution in [0, 0.1) is 11.8 Å². The normalized spacial score (nSPS) is 15.5. The topological polar surface area (TPSA) is 198 Å². The molecule has 2 aliphatic rings. The lowest BCUT2D eigenvalue weighted by atomic mass is 9.87. The maximum atomic E-state index is 11.5. The van der Waals surface area contributed by atoms with Crippen LogP contribution >= 0.6 is 0 Å². The van der Waals surface area contributed by atoms with Gasteiger partial charge in [0.25, 0.3) is 0 Å². The van der Waals surface area contributed by atoms with E-state index in [1.165, 1.54) is 95.9 Å². The lowest BCUT2D eigenvalue weighted by Crippen LogP contribution is -2.27. The summed E-state index contributed by atoms with van der Waals surface area (Å²) < 4.78 is 49.4. The number of phenols is 4. The third kappa shape index (κ3) is 50.8. The molecular weight excluding hydrogens is 1600 g/mol. The summed E-state index contributed by atoms with van der Waals surface area (Å²) in [5, 5.41) is 36.2. The van der Waals surface area contributed by atoms with Crippen LogP contribution in [0.3, 0.4) is 0 Å². The number of esters is 1. The second-order valence-corrected chi connectivity index (χ2v) is 36.4. The van der Waals surface area contributed by atoms with E-state index in [1.807, 2.05) is 140 Å². The van der Waals surface area contributed by atoms with Crippen LogP contribution < -0.4 is 18.9 Å². The van der Waals surface area contributed by atoms with Gasteiger partial charge in [-0.05, 0) is 334 Å². The van der Waals surface area contributed by atoms with Gasteiger partial charge in [0.2, 0.25) is 0 Å². The number of aromatic hydroxyl groups is 4. The first-order chi connectivity index (χ1) is 60.8. The molecule has 714 valence electrons. The lowest BCUT2D eigenvalue weighted by molar-refractivity contribution is -0.159. The zero-order valence-corrected chi connectivity index (χ0v) is 84.1. The predicted molar refractivity (Wildman–Crippen MR) is 533 cm³/mol. The lowest BCUT2D eigenvalue weighted by Gasteiger charge is -2.23. The highest BCUT2D eigenvalue weighted by Crippen LogP contribution is 2.32. The van der Waals surface area contributed by atoms with E-state index in [-0.39, 0.29) is 36.4 Å². The summed E-state index contributed by atoms with van der Waals surface area (Å²) >= 11 is 0. The maximum absolute atomic E-state index is 11.5. The van der Waals surface area contributed by atoms with Crippen LogP contribution in [0.2, 0.25) is 0 Å². The maximum Gasteiger partial charge on any atom is 0.514 e. The van der Waals surface area contributed by atoms with E-state index in [0.717, 1.165) is 101 Å². The van der Waals surface area contributed by atoms with E-state index in [2.05, 4.69) is 165 Å². The molecule has 0 spiro atoms. The molecule has 0 bridgehead atoms. The molecule has 8 aromatic rings. The summed E-state index contributed by atoms with van der Waals surface area (Å²) in [6.45, 7) is 58.2. The molecule has 0 aromatic heterocycles. The van der Waals surface area contributed by atoms with Crippen molar-refractivity contribution < 1.29 is 72.6 Å². The van der Waals surface area contributed by atoms with Crippen molar-refractivity contribution in [1.82, 2.24) is 0 Å². The molecule has 1 saturated heterocycles. The van der Waals surface area contributed by atoms with Gasteiger partial charge in [-0.15, -0.1) is 0 Å². The van der Waals surface area contributed by atoms with Crippen molar-refractivity contribution in [3.63, 3.8) is 0 Å². The van der Waals surface area contributed by atoms with Crippen LogP contribution in [-0.4, -0.2) is 82.4 Å². The number of phenolic OH excluding ortho intramolecular Hbond substituents is 4. The van der Waals surface area contributed by atoms with Crippen LogP contribution in [0.15, 0.2) is 194 Å². The Morgan fingerprint density at radius 1 is 0.352 bits per heavy atom. The molecular formula is C113H172O15. The first kappa shape index (κ1) is 115. The zero-order chi connectivity index (χ0) is 95.7. The van der Waals surface area contributed by atoms with E-state index in [0.29, 0.717) is 82.7 Å². The quantitative estimate of drug-likeness (QED) is 0.0182. The van der Waals surface area contributed by atoms with E-state index < -0.39 is 11.8 Å². The number of rotatable bonds is 31. The number of ether oxygens (including phenoxy) is 9. The number of carbonyl (C=O) groups is 2. The van der Waals surface area contributed by atoms with Crippen LogP contribution in [0.25, 0.3) is 0 Å². The predicted octanol–water partition coefficient (Wildman–Crippen LogP) is 32.5. The zero-order valence-electron chi connectivity index (χ0n) is 84.1. The molecule has 1 aliphatic heterocycles. The van der Waals surface area contributed by atoms with Crippen molar-refractivity contribution in [2.75, 3.05) is 19.8 Å². The number of hydrogen-bond acceptors (Lipinski definition) is 15. The number of benzene rings is 8. The third-order valence-corrected chi connectivity index (χ3v) is 23.5. The Hall–Kier alpha value is -9.02. The van der Waals surface area contributed by atoms with E-state index in [1.54, 1.807) is 75.4 Å². The van der Waals surface area contributed by atoms with E-state index in [9.17, 15) is 9.59 Å². The summed E-state index contributed by atoms with van der Waals surface area (Å²) in [5.41, 5.74) is 9.55. The minimum Gasteiger partial charge on any atom is -0.508 e. The van der Waals surface area contributed by atoms with Gasteiger partial charge in [-0.2, -0.15) is 0 Å². The van der Waals surface area contributed by atoms with Crippen molar-refractivity contribution in [2.45, 2.75) is 380 Å². The molecule has 0 radical (unpaired) electrons. The number of hydrogen-bond donors (Lipinski definition) is 4. The summed E-state index contributed by atoms with van der Waals surface area (Å²) in [6, 6.07) is 62.4. The fraction of sp³-hybridized carbons (Fsp3) is 0.558. The first-order valence-corrected chi connectivity index (χ1v) is 48.3. The van der Waals surface area contributed by atoms with E-state index in [4.69, 9.17) is 63.1 Å². The third-order valence-electron chi connectivity index (χ3n) is 23.5. The molecule has 0 amide bonds. The van der Waals surface area contributed by atoms with Gasteiger partial charge in [0, 0.05) is 13.0 Å². The molecule has 128 heavy (non-hydrogen) atoms. The fourth-order valence-electron chi connectivity index (χ4n) is 13.1. The minimum atomic E-state index is -0.668. The van der Waals surface area contributed by atoms with Crippen molar-refractivity contribution >= 4 is 12.1 Å². The Balaban J connectivity index is 0.000000493. The smallest absolute Gasteiger partial charge is 0.508 e. The molecule has 1 heterocycles. The second-order valence-electron chi connectivity index (χ2n) is 36.4. The number of carbonyl (C=O) groups excluding carboxylic acids is 2. The SMILES string of the molecule is CCC(C)C(=O)OC(C)(C)C.CCC(C)c1ccc(O)cc1.CCC(C)c1ccc(O)cc1.CCC(C)c1ccc(O)cc1.CCC(C)c1ccc(OC(=O)OC(C)(C)C)cc1.CCC(C)c1ccc(OC2CCCCO2)cc1.CCC(C)c1cccc(O)c1.CCC(C)c1cccc(OC(C)OCCC2CCCCC2)c1.CCOC(C)Oc1ccc(C(C)CC)cc1. The highest BCUT2D eigenvalue weighted by molar-refractivity contribution is 5.72. The molecule has 8 aromatic carbocycles. The van der Waals surface area contributed by atoms with Gasteiger partial charge in [0.05, 0.1) is 19.1 Å². The Morgan fingerprint density at radius 3 is 1.05 bits per heavy atom. The van der Waals surface area contributed by atoms with Gasteiger partial charge in [-0.25, -0.2) is 4.79 Å². The largest absolute Gasteiger partial charge is 0.514 e. The average Bonchev–Trinajstić information content (AvgIpc) is 0.881. The van der Waals surface area contributed by atoms with Crippen molar-refractivity contribution in [1.29, 1.82) is 0 Å². The summed E-state index contributed by atoms with van der Waals surface area (Å²) in [5.74, 6) is 10.1. The van der Waals surface area contributed by atoms with Gasteiger partial charge in [0.1, 0.15) is 57.2 Å².